The Hall–Kier alpha value is -1.59. The fourth-order valence-electron chi connectivity index (χ4n) is 1.47. The lowest BCUT2D eigenvalue weighted by Gasteiger charge is -2.08. The quantitative estimate of drug-likeness (QED) is 0.807. The summed E-state index contributed by atoms with van der Waals surface area (Å²) in [6.45, 7) is 0. The Balaban J connectivity index is 2.25. The molecular formula is C13H9BrClFN2O. The van der Waals surface area contributed by atoms with Crippen molar-refractivity contribution in [1.29, 1.82) is 0 Å². The van der Waals surface area contributed by atoms with Crippen molar-refractivity contribution in [3.05, 3.63) is 57.3 Å². The molecule has 2 aromatic rings. The summed E-state index contributed by atoms with van der Waals surface area (Å²) in [6, 6.07) is 8.81. The van der Waals surface area contributed by atoms with E-state index in [1.807, 2.05) is 0 Å². The number of amides is 1. The third-order valence-electron chi connectivity index (χ3n) is 2.43. The summed E-state index contributed by atoms with van der Waals surface area (Å²) in [4.78, 5) is 12.0. The number of carbonyl (C=O) groups excluding carboxylic acids is 1. The van der Waals surface area contributed by atoms with Gasteiger partial charge < -0.3 is 11.1 Å². The van der Waals surface area contributed by atoms with Gasteiger partial charge in [0.2, 0.25) is 0 Å². The summed E-state index contributed by atoms with van der Waals surface area (Å²) in [6.07, 6.45) is 0. The Morgan fingerprint density at radius 1 is 1.26 bits per heavy atom. The average Bonchev–Trinajstić information content (AvgIpc) is 2.37. The van der Waals surface area contributed by atoms with Gasteiger partial charge in [-0.1, -0.05) is 11.6 Å². The van der Waals surface area contributed by atoms with E-state index in [1.165, 1.54) is 12.1 Å². The Kier molecular flexibility index (Phi) is 4.07. The predicted molar refractivity (Wildman–Crippen MR) is 77.9 cm³/mol. The third-order valence-corrected chi connectivity index (χ3v) is 3.36. The summed E-state index contributed by atoms with van der Waals surface area (Å²) in [7, 11) is 0. The fraction of sp³-hybridized carbons (Fsp3) is 0. The number of nitrogen functional groups attached to an aromatic ring is 1. The van der Waals surface area contributed by atoms with Crippen LogP contribution in [0.15, 0.2) is 40.9 Å². The number of halogens is 3. The van der Waals surface area contributed by atoms with E-state index in [1.54, 1.807) is 18.2 Å². The molecule has 0 atom stereocenters. The lowest BCUT2D eigenvalue weighted by Crippen LogP contribution is -2.13. The number of nitrogens with one attached hydrogen (secondary N) is 1. The highest BCUT2D eigenvalue weighted by molar-refractivity contribution is 9.10. The molecule has 2 aromatic carbocycles. The van der Waals surface area contributed by atoms with Crippen LogP contribution in [0.1, 0.15) is 10.4 Å². The molecule has 0 aromatic heterocycles. The van der Waals surface area contributed by atoms with Gasteiger partial charge in [0.25, 0.3) is 5.91 Å². The third kappa shape index (κ3) is 3.24. The van der Waals surface area contributed by atoms with Crippen molar-refractivity contribution < 1.29 is 9.18 Å². The molecule has 19 heavy (non-hydrogen) atoms. The molecule has 1 amide bonds. The van der Waals surface area contributed by atoms with Crippen molar-refractivity contribution in [3.63, 3.8) is 0 Å². The van der Waals surface area contributed by atoms with E-state index in [2.05, 4.69) is 21.2 Å². The zero-order valence-corrected chi connectivity index (χ0v) is 11.9. The van der Waals surface area contributed by atoms with Gasteiger partial charge in [-0.15, -0.1) is 0 Å². The molecule has 0 saturated heterocycles. The van der Waals surface area contributed by atoms with E-state index in [0.29, 0.717) is 15.2 Å². The first-order chi connectivity index (χ1) is 8.97. The molecule has 98 valence electrons. The van der Waals surface area contributed by atoms with Crippen LogP contribution in [-0.2, 0) is 0 Å². The first-order valence-corrected chi connectivity index (χ1v) is 6.46. The summed E-state index contributed by atoms with van der Waals surface area (Å²) < 4.78 is 13.7. The molecule has 2 rings (SSSR count). The highest BCUT2D eigenvalue weighted by atomic mass is 79.9. The van der Waals surface area contributed by atoms with Gasteiger partial charge in [-0.2, -0.15) is 0 Å². The second-order valence-electron chi connectivity index (χ2n) is 3.81. The van der Waals surface area contributed by atoms with Crippen molar-refractivity contribution in [2.24, 2.45) is 0 Å². The van der Waals surface area contributed by atoms with E-state index in [9.17, 15) is 9.18 Å². The van der Waals surface area contributed by atoms with Gasteiger partial charge in [0.1, 0.15) is 5.82 Å². The molecule has 0 bridgehead atoms. The lowest BCUT2D eigenvalue weighted by molar-refractivity contribution is 0.102. The molecule has 0 radical (unpaired) electrons. The van der Waals surface area contributed by atoms with Gasteiger partial charge in [0.05, 0.1) is 11.4 Å². The standard InChI is InChI=1S/C13H9BrClFN2O/c14-9-3-2-8(15)6-12(9)18-13(19)7-1-4-10(16)11(17)5-7/h1-6H,17H2,(H,18,19). The molecule has 3 N–H and O–H groups in total. The van der Waals surface area contributed by atoms with Gasteiger partial charge in [0.15, 0.2) is 0 Å². The minimum absolute atomic E-state index is 0.0715. The SMILES string of the molecule is Nc1cc(C(=O)Nc2cc(Cl)ccc2Br)ccc1F. The summed E-state index contributed by atoms with van der Waals surface area (Å²) in [5.41, 5.74) is 6.15. The Morgan fingerprint density at radius 3 is 2.68 bits per heavy atom. The van der Waals surface area contributed by atoms with Crippen LogP contribution >= 0.6 is 27.5 Å². The van der Waals surface area contributed by atoms with E-state index < -0.39 is 11.7 Å². The number of nitrogens with two attached hydrogens (primary N) is 1. The van der Waals surface area contributed by atoms with Gasteiger partial charge in [0, 0.05) is 15.1 Å². The molecule has 0 aliphatic carbocycles. The van der Waals surface area contributed by atoms with E-state index in [0.717, 1.165) is 6.07 Å². The van der Waals surface area contributed by atoms with Crippen molar-refractivity contribution in [2.75, 3.05) is 11.1 Å². The molecular weight excluding hydrogens is 335 g/mol. The Bertz CT molecular complexity index is 649. The van der Waals surface area contributed by atoms with Crippen LogP contribution in [0.2, 0.25) is 5.02 Å². The monoisotopic (exact) mass is 342 g/mol. The van der Waals surface area contributed by atoms with Gasteiger partial charge in [-0.05, 0) is 52.3 Å². The molecule has 0 heterocycles. The number of anilines is 2. The van der Waals surface area contributed by atoms with Crippen LogP contribution in [0.3, 0.4) is 0 Å². The number of rotatable bonds is 2. The highest BCUT2D eigenvalue weighted by Crippen LogP contribution is 2.26. The minimum Gasteiger partial charge on any atom is -0.396 e. The van der Waals surface area contributed by atoms with Gasteiger partial charge in [-0.3, -0.25) is 4.79 Å². The van der Waals surface area contributed by atoms with Crippen LogP contribution in [0.5, 0.6) is 0 Å². The van der Waals surface area contributed by atoms with Gasteiger partial charge in [-0.25, -0.2) is 4.39 Å². The Morgan fingerprint density at radius 2 is 2.00 bits per heavy atom. The molecule has 6 heteroatoms. The molecule has 0 aliphatic rings. The van der Waals surface area contributed by atoms with Crippen LogP contribution in [0.4, 0.5) is 15.8 Å². The number of benzene rings is 2. The second kappa shape index (κ2) is 5.59. The first kappa shape index (κ1) is 13.8. The van der Waals surface area contributed by atoms with Crippen molar-refractivity contribution in [2.45, 2.75) is 0 Å². The number of carbonyl (C=O) groups is 1. The van der Waals surface area contributed by atoms with E-state index in [4.69, 9.17) is 17.3 Å². The summed E-state index contributed by atoms with van der Waals surface area (Å²) >= 11 is 9.15. The molecule has 0 aliphatic heterocycles. The minimum atomic E-state index is -0.555. The predicted octanol–water partition coefficient (Wildman–Crippen LogP) is 4.08. The second-order valence-corrected chi connectivity index (χ2v) is 5.11. The van der Waals surface area contributed by atoms with Crippen LogP contribution in [-0.4, -0.2) is 5.91 Å². The maximum atomic E-state index is 13.0. The van der Waals surface area contributed by atoms with Crippen molar-refractivity contribution >= 4 is 44.8 Å². The summed E-state index contributed by atoms with van der Waals surface area (Å²) in [5.74, 6) is -0.949. The zero-order valence-electron chi connectivity index (χ0n) is 9.58. The number of hydrogen-bond acceptors (Lipinski definition) is 2. The normalized spacial score (nSPS) is 10.3. The molecule has 0 saturated carbocycles. The van der Waals surface area contributed by atoms with Crippen molar-refractivity contribution in [1.82, 2.24) is 0 Å². The maximum absolute atomic E-state index is 13.0. The van der Waals surface area contributed by atoms with Crippen LogP contribution in [0.25, 0.3) is 0 Å². The maximum Gasteiger partial charge on any atom is 0.255 e. The zero-order chi connectivity index (χ0) is 14.0. The average molecular weight is 344 g/mol. The fourth-order valence-corrected chi connectivity index (χ4v) is 1.99. The molecule has 3 nitrogen and oxygen atoms in total. The lowest BCUT2D eigenvalue weighted by atomic mass is 10.2. The largest absolute Gasteiger partial charge is 0.396 e. The van der Waals surface area contributed by atoms with Crippen molar-refractivity contribution in [3.8, 4) is 0 Å². The van der Waals surface area contributed by atoms with E-state index >= 15 is 0 Å². The highest BCUT2D eigenvalue weighted by Gasteiger charge is 2.10. The molecule has 0 spiro atoms. The Labute approximate surface area is 122 Å². The van der Waals surface area contributed by atoms with Gasteiger partial charge >= 0.3 is 0 Å². The molecule has 0 fully saturated rings. The first-order valence-electron chi connectivity index (χ1n) is 5.29. The molecule has 0 unspecified atom stereocenters. The van der Waals surface area contributed by atoms with E-state index in [-0.39, 0.29) is 11.3 Å². The number of hydrogen-bond donors (Lipinski definition) is 2. The smallest absolute Gasteiger partial charge is 0.255 e. The summed E-state index contributed by atoms with van der Waals surface area (Å²) in [5, 5.41) is 3.16. The van der Waals surface area contributed by atoms with Crippen LogP contribution in [0, 0.1) is 5.82 Å². The van der Waals surface area contributed by atoms with Crippen LogP contribution < -0.4 is 11.1 Å². The topological polar surface area (TPSA) is 55.1 Å².